The van der Waals surface area contributed by atoms with Crippen molar-refractivity contribution in [2.45, 2.75) is 39.2 Å². The summed E-state index contributed by atoms with van der Waals surface area (Å²) in [6, 6.07) is 5.83. The molecule has 1 fully saturated rings. The number of halogens is 1. The number of carbonyl (C=O) groups excluding carboxylic acids is 1. The number of nitrogens with zero attached hydrogens (tertiary/aromatic N) is 1. The lowest BCUT2D eigenvalue weighted by Gasteiger charge is -2.13. The second-order valence-electron chi connectivity index (χ2n) is 7.17. The summed E-state index contributed by atoms with van der Waals surface area (Å²) >= 11 is 0. The van der Waals surface area contributed by atoms with Crippen LogP contribution < -0.4 is 20.7 Å². The highest BCUT2D eigenvalue weighted by Gasteiger charge is 2.28. The predicted octanol–water partition coefficient (Wildman–Crippen LogP) is 1.41. The number of amides is 1. The molecule has 1 amide bonds. The minimum Gasteiger partial charge on any atom is -0.496 e. The highest BCUT2D eigenvalue weighted by molar-refractivity contribution is 14.0. The Hall–Kier alpha value is -1.56. The van der Waals surface area contributed by atoms with Gasteiger partial charge < -0.3 is 20.7 Å². The molecule has 0 spiro atoms. The molecule has 1 unspecified atom stereocenters. The van der Waals surface area contributed by atoms with Gasteiger partial charge in [-0.15, -0.1) is 24.0 Å². The molecule has 2 rings (SSSR count). The third-order valence-electron chi connectivity index (χ3n) is 4.67. The molecule has 1 atom stereocenters. The van der Waals surface area contributed by atoms with E-state index < -0.39 is 9.84 Å². The fourth-order valence-corrected chi connectivity index (χ4v) is 4.91. The molecular formula is C20H33IN4O4S. The molecule has 10 heteroatoms. The first kappa shape index (κ1) is 26.5. The van der Waals surface area contributed by atoms with Crippen LogP contribution in [0.2, 0.25) is 0 Å². The van der Waals surface area contributed by atoms with Crippen LogP contribution in [0, 0.1) is 6.92 Å². The van der Waals surface area contributed by atoms with Crippen molar-refractivity contribution in [1.82, 2.24) is 16.0 Å². The molecule has 1 saturated heterocycles. The first-order chi connectivity index (χ1) is 13.8. The molecule has 1 aliphatic rings. The Labute approximate surface area is 196 Å². The minimum atomic E-state index is -2.99. The smallest absolute Gasteiger partial charge is 0.222 e. The van der Waals surface area contributed by atoms with E-state index >= 15 is 0 Å². The maximum Gasteiger partial charge on any atom is 0.222 e. The third-order valence-corrected chi connectivity index (χ3v) is 6.44. The van der Waals surface area contributed by atoms with Crippen molar-refractivity contribution in [2.24, 2.45) is 4.99 Å². The summed E-state index contributed by atoms with van der Waals surface area (Å²) in [4.78, 5) is 16.5. The van der Waals surface area contributed by atoms with Gasteiger partial charge in [0.25, 0.3) is 0 Å². The molecule has 3 N–H and O–H groups in total. The van der Waals surface area contributed by atoms with E-state index in [1.165, 1.54) is 5.56 Å². The van der Waals surface area contributed by atoms with Gasteiger partial charge in [0, 0.05) is 25.6 Å². The average Bonchev–Trinajstić information content (AvgIpc) is 3.00. The van der Waals surface area contributed by atoms with Gasteiger partial charge in [0.2, 0.25) is 5.91 Å². The van der Waals surface area contributed by atoms with Crippen LogP contribution in [0.4, 0.5) is 0 Å². The monoisotopic (exact) mass is 552 g/mol. The summed E-state index contributed by atoms with van der Waals surface area (Å²) in [6.07, 6.45) is 1.49. The second kappa shape index (κ2) is 13.0. The molecule has 170 valence electrons. The SMILES string of the molecule is CCNC(=NCCC(=O)NC1CCS(=O)(=O)C1)NCCc1cc(C)ccc1OC.I. The fraction of sp³-hybridized carbons (Fsp3) is 0.600. The molecule has 0 aromatic heterocycles. The van der Waals surface area contributed by atoms with Crippen molar-refractivity contribution in [3.8, 4) is 5.75 Å². The maximum absolute atomic E-state index is 12.0. The zero-order valence-electron chi connectivity index (χ0n) is 17.9. The lowest BCUT2D eigenvalue weighted by atomic mass is 10.1. The van der Waals surface area contributed by atoms with Crippen molar-refractivity contribution < 1.29 is 17.9 Å². The fourth-order valence-electron chi connectivity index (χ4n) is 3.24. The Morgan fingerprint density at radius 3 is 2.70 bits per heavy atom. The van der Waals surface area contributed by atoms with E-state index in [1.54, 1.807) is 7.11 Å². The van der Waals surface area contributed by atoms with Crippen molar-refractivity contribution in [1.29, 1.82) is 0 Å². The van der Waals surface area contributed by atoms with Crippen LogP contribution in [-0.4, -0.2) is 64.6 Å². The largest absolute Gasteiger partial charge is 0.496 e. The van der Waals surface area contributed by atoms with Crippen LogP contribution in [0.15, 0.2) is 23.2 Å². The van der Waals surface area contributed by atoms with Gasteiger partial charge in [0.15, 0.2) is 15.8 Å². The van der Waals surface area contributed by atoms with E-state index in [-0.39, 0.29) is 53.9 Å². The second-order valence-corrected chi connectivity index (χ2v) is 9.40. The first-order valence-electron chi connectivity index (χ1n) is 9.98. The first-order valence-corrected chi connectivity index (χ1v) is 11.8. The number of guanidine groups is 1. The summed E-state index contributed by atoms with van der Waals surface area (Å²) in [5, 5.41) is 9.21. The molecule has 0 aliphatic carbocycles. The van der Waals surface area contributed by atoms with E-state index in [1.807, 2.05) is 26.0 Å². The number of sulfone groups is 1. The van der Waals surface area contributed by atoms with E-state index in [0.717, 1.165) is 17.7 Å². The quantitative estimate of drug-likeness (QED) is 0.243. The Kier molecular flexibility index (Phi) is 11.5. The summed E-state index contributed by atoms with van der Waals surface area (Å²) in [7, 11) is -1.33. The number of nitrogens with one attached hydrogen (secondary N) is 3. The maximum atomic E-state index is 12.0. The summed E-state index contributed by atoms with van der Waals surface area (Å²) in [5.74, 6) is 1.53. The van der Waals surface area contributed by atoms with Gasteiger partial charge in [-0.1, -0.05) is 17.7 Å². The van der Waals surface area contributed by atoms with Gasteiger partial charge in [-0.25, -0.2) is 8.42 Å². The van der Waals surface area contributed by atoms with Gasteiger partial charge >= 0.3 is 0 Å². The van der Waals surface area contributed by atoms with Crippen LogP contribution in [0.5, 0.6) is 5.75 Å². The number of rotatable bonds is 9. The molecule has 1 aromatic carbocycles. The van der Waals surface area contributed by atoms with Crippen LogP contribution in [0.1, 0.15) is 30.9 Å². The number of hydrogen-bond donors (Lipinski definition) is 3. The lowest BCUT2D eigenvalue weighted by molar-refractivity contribution is -0.121. The van der Waals surface area contributed by atoms with Gasteiger partial charge in [-0.2, -0.15) is 0 Å². The number of ether oxygens (including phenoxy) is 1. The van der Waals surface area contributed by atoms with Crippen LogP contribution in [0.25, 0.3) is 0 Å². The number of carbonyl (C=O) groups is 1. The lowest BCUT2D eigenvalue weighted by Crippen LogP contribution is -2.39. The molecule has 1 aliphatic heterocycles. The zero-order chi connectivity index (χ0) is 21.3. The van der Waals surface area contributed by atoms with Crippen LogP contribution in [0.3, 0.4) is 0 Å². The summed E-state index contributed by atoms with van der Waals surface area (Å²) < 4.78 is 28.3. The molecule has 0 saturated carbocycles. The Balaban J connectivity index is 0.00000450. The van der Waals surface area contributed by atoms with E-state index in [2.05, 4.69) is 27.0 Å². The van der Waals surface area contributed by atoms with Gasteiger partial charge in [0.1, 0.15) is 5.75 Å². The Bertz CT molecular complexity index is 830. The van der Waals surface area contributed by atoms with Crippen LogP contribution in [-0.2, 0) is 21.1 Å². The molecule has 0 radical (unpaired) electrons. The molecule has 8 nitrogen and oxygen atoms in total. The van der Waals surface area contributed by atoms with E-state index in [4.69, 9.17) is 4.74 Å². The number of benzene rings is 1. The number of aliphatic imine (C=N–C) groups is 1. The summed E-state index contributed by atoms with van der Waals surface area (Å²) in [5.41, 5.74) is 2.31. The molecule has 1 heterocycles. The third kappa shape index (κ3) is 9.07. The number of hydrogen-bond acceptors (Lipinski definition) is 5. The molecule has 0 bridgehead atoms. The normalized spacial score (nSPS) is 17.7. The van der Waals surface area contributed by atoms with Gasteiger partial charge in [-0.3, -0.25) is 9.79 Å². The van der Waals surface area contributed by atoms with E-state index in [0.29, 0.717) is 32.0 Å². The topological polar surface area (TPSA) is 109 Å². The summed E-state index contributed by atoms with van der Waals surface area (Å²) in [6.45, 7) is 5.75. The highest BCUT2D eigenvalue weighted by atomic mass is 127. The minimum absolute atomic E-state index is 0. The molecule has 1 aromatic rings. The standard InChI is InChI=1S/C20H32N4O4S.HI/c1-4-21-20(22-10-7-16-13-15(2)5-6-18(16)28-3)23-11-8-19(25)24-17-9-12-29(26,27)14-17;/h5-6,13,17H,4,7-12,14H2,1-3H3,(H,24,25)(H2,21,22,23);1H. The van der Waals surface area contributed by atoms with Crippen molar-refractivity contribution in [3.05, 3.63) is 29.3 Å². The Morgan fingerprint density at radius 1 is 1.30 bits per heavy atom. The van der Waals surface area contributed by atoms with Crippen LogP contribution >= 0.6 is 24.0 Å². The van der Waals surface area contributed by atoms with Gasteiger partial charge in [-0.05, 0) is 38.3 Å². The van der Waals surface area contributed by atoms with Crippen molar-refractivity contribution in [2.75, 3.05) is 38.2 Å². The number of aryl methyl sites for hydroxylation is 1. The average molecular weight is 552 g/mol. The predicted molar refractivity (Wildman–Crippen MR) is 131 cm³/mol. The van der Waals surface area contributed by atoms with Gasteiger partial charge in [0.05, 0.1) is 25.2 Å². The zero-order valence-corrected chi connectivity index (χ0v) is 21.0. The van der Waals surface area contributed by atoms with Crippen molar-refractivity contribution in [3.63, 3.8) is 0 Å². The highest BCUT2D eigenvalue weighted by Crippen LogP contribution is 2.19. The van der Waals surface area contributed by atoms with Crippen molar-refractivity contribution >= 4 is 45.7 Å². The molecular weight excluding hydrogens is 519 g/mol. The molecule has 30 heavy (non-hydrogen) atoms. The van der Waals surface area contributed by atoms with E-state index in [9.17, 15) is 13.2 Å². The Morgan fingerprint density at radius 2 is 2.07 bits per heavy atom. The number of methoxy groups -OCH3 is 1.